The molecule has 0 amide bonds. The fraction of sp³-hybridized carbons (Fsp3) is 1.00. The van der Waals surface area contributed by atoms with Crippen molar-refractivity contribution in [2.24, 2.45) is 5.92 Å². The van der Waals surface area contributed by atoms with Crippen LogP contribution in [0.4, 0.5) is 0 Å². The Morgan fingerprint density at radius 2 is 1.89 bits per heavy atom. The summed E-state index contributed by atoms with van der Waals surface area (Å²) in [5, 5.41) is 28.4. The Balaban J connectivity index is 2.96. The van der Waals surface area contributed by atoms with E-state index in [1.807, 2.05) is 0 Å². The largest absolute Gasteiger partial charge is 0.735 e. The molecule has 0 aromatic rings. The second-order valence-corrected chi connectivity index (χ2v) is 5.79. The van der Waals surface area contributed by atoms with Gasteiger partial charge < -0.3 is 24.6 Å². The highest BCUT2D eigenvalue weighted by Gasteiger charge is 2.45. The third kappa shape index (κ3) is 3.60. The summed E-state index contributed by atoms with van der Waals surface area (Å²) in [6.45, 7) is 2.89. The van der Waals surface area contributed by atoms with Crippen LogP contribution in [0.25, 0.3) is 0 Å². The van der Waals surface area contributed by atoms with Crippen molar-refractivity contribution in [2.75, 3.05) is 6.61 Å². The highest BCUT2D eigenvalue weighted by molar-refractivity contribution is 7.83. The Morgan fingerprint density at radius 3 is 2.28 bits per heavy atom. The van der Waals surface area contributed by atoms with Crippen LogP contribution in [0.3, 0.4) is 0 Å². The predicted octanol–water partition coefficient (Wildman–Crippen LogP) is -2.46. The topological polar surface area (TPSA) is 139 Å². The fourth-order valence-electron chi connectivity index (χ4n) is 2.02. The number of hydrogen-bond acceptors (Lipinski definition) is 7. The SMILES string of the molecule is CC(C)[C@@H]1OC(CO)[C@@H](O)[C@@H](O)C1NS(=O)(=O)[O-]. The van der Waals surface area contributed by atoms with Crippen molar-refractivity contribution in [3.8, 4) is 0 Å². The first-order valence-electron chi connectivity index (χ1n) is 5.53. The van der Waals surface area contributed by atoms with E-state index in [1.165, 1.54) is 0 Å². The molecule has 0 aromatic heterocycles. The minimum atomic E-state index is -4.78. The quantitative estimate of drug-likeness (QED) is 0.420. The molecule has 108 valence electrons. The van der Waals surface area contributed by atoms with Gasteiger partial charge in [-0.25, -0.2) is 13.1 Å². The molecule has 2 unspecified atom stereocenters. The van der Waals surface area contributed by atoms with E-state index < -0.39 is 47.4 Å². The van der Waals surface area contributed by atoms with Gasteiger partial charge >= 0.3 is 0 Å². The number of nitrogens with one attached hydrogen (secondary N) is 1. The van der Waals surface area contributed by atoms with E-state index in [-0.39, 0.29) is 5.92 Å². The predicted molar refractivity (Wildman–Crippen MR) is 59.2 cm³/mol. The van der Waals surface area contributed by atoms with E-state index in [0.717, 1.165) is 0 Å². The van der Waals surface area contributed by atoms with Crippen molar-refractivity contribution in [1.29, 1.82) is 0 Å². The van der Waals surface area contributed by atoms with Gasteiger partial charge in [-0.1, -0.05) is 13.8 Å². The van der Waals surface area contributed by atoms with Crippen molar-refractivity contribution >= 4 is 10.3 Å². The molecule has 0 aromatic carbocycles. The van der Waals surface area contributed by atoms with E-state index in [9.17, 15) is 23.2 Å². The molecular formula is C9H18NO7S-. The Labute approximate surface area is 105 Å². The first-order valence-corrected chi connectivity index (χ1v) is 6.93. The van der Waals surface area contributed by atoms with Crippen molar-refractivity contribution in [3.05, 3.63) is 0 Å². The summed E-state index contributed by atoms with van der Waals surface area (Å²) in [6.07, 6.45) is -4.82. The Hall–Kier alpha value is -0.290. The third-order valence-corrected chi connectivity index (χ3v) is 3.46. The van der Waals surface area contributed by atoms with Crippen LogP contribution < -0.4 is 4.72 Å². The van der Waals surface area contributed by atoms with Crippen molar-refractivity contribution in [2.45, 2.75) is 44.3 Å². The molecule has 1 fully saturated rings. The van der Waals surface area contributed by atoms with Crippen LogP contribution in [0, 0.1) is 5.92 Å². The van der Waals surface area contributed by atoms with Gasteiger partial charge in [-0.2, -0.15) is 0 Å². The van der Waals surface area contributed by atoms with Gasteiger partial charge in [0.15, 0.2) is 10.3 Å². The van der Waals surface area contributed by atoms with Gasteiger partial charge in [0, 0.05) is 0 Å². The van der Waals surface area contributed by atoms with Gasteiger partial charge in [-0.3, -0.25) is 0 Å². The fourth-order valence-corrected chi connectivity index (χ4v) is 2.63. The second-order valence-electron chi connectivity index (χ2n) is 4.64. The molecule has 1 saturated heterocycles. The monoisotopic (exact) mass is 284 g/mol. The summed E-state index contributed by atoms with van der Waals surface area (Å²) in [7, 11) is -4.78. The zero-order valence-corrected chi connectivity index (χ0v) is 10.9. The number of hydrogen-bond donors (Lipinski definition) is 4. The molecule has 1 aliphatic heterocycles. The minimum absolute atomic E-state index is 0.222. The third-order valence-electron chi connectivity index (χ3n) is 2.90. The second kappa shape index (κ2) is 5.78. The molecule has 5 atom stereocenters. The van der Waals surface area contributed by atoms with Crippen LogP contribution in [0.15, 0.2) is 0 Å². The summed E-state index contributed by atoms with van der Waals surface area (Å²) in [4.78, 5) is 0. The van der Waals surface area contributed by atoms with Crippen LogP contribution in [0.2, 0.25) is 0 Å². The van der Waals surface area contributed by atoms with Crippen LogP contribution in [-0.4, -0.2) is 65.4 Å². The number of aliphatic hydroxyl groups is 3. The maximum absolute atomic E-state index is 10.7. The standard InChI is InChI=1S/C9H19NO7S/c1-4(2)9-6(10-18(14,15)16)8(13)7(12)5(3-11)17-9/h4-13H,3H2,1-2H3,(H,14,15,16)/p-1/t5?,6?,7-,8+,9+/m1/s1. The van der Waals surface area contributed by atoms with Crippen LogP contribution >= 0.6 is 0 Å². The van der Waals surface area contributed by atoms with Gasteiger partial charge in [-0.15, -0.1) is 0 Å². The number of aliphatic hydroxyl groups excluding tert-OH is 3. The van der Waals surface area contributed by atoms with Crippen LogP contribution in [0.5, 0.6) is 0 Å². The lowest BCUT2D eigenvalue weighted by Crippen LogP contribution is -2.65. The highest BCUT2D eigenvalue weighted by atomic mass is 32.2. The molecular weight excluding hydrogens is 266 g/mol. The van der Waals surface area contributed by atoms with E-state index in [4.69, 9.17) is 9.84 Å². The smallest absolute Gasteiger partial charge is 0.159 e. The maximum atomic E-state index is 10.7. The molecule has 8 nitrogen and oxygen atoms in total. The number of rotatable bonds is 4. The normalized spacial score (nSPS) is 38.1. The highest BCUT2D eigenvalue weighted by Crippen LogP contribution is 2.26. The summed E-state index contributed by atoms with van der Waals surface area (Å²) < 4.78 is 39.1. The average Bonchev–Trinajstić information content (AvgIpc) is 2.23. The molecule has 1 heterocycles. The molecule has 18 heavy (non-hydrogen) atoms. The van der Waals surface area contributed by atoms with Gasteiger partial charge in [-0.05, 0) is 5.92 Å². The van der Waals surface area contributed by atoms with Gasteiger partial charge in [0.25, 0.3) is 0 Å². The molecule has 0 radical (unpaired) electrons. The van der Waals surface area contributed by atoms with Gasteiger partial charge in [0.1, 0.15) is 18.3 Å². The molecule has 0 bridgehead atoms. The summed E-state index contributed by atoms with van der Waals surface area (Å²) in [5.74, 6) is -0.222. The maximum Gasteiger partial charge on any atom is 0.159 e. The summed E-state index contributed by atoms with van der Waals surface area (Å²) in [6, 6.07) is -1.25. The average molecular weight is 284 g/mol. The van der Waals surface area contributed by atoms with E-state index in [0.29, 0.717) is 0 Å². The van der Waals surface area contributed by atoms with Crippen LogP contribution in [-0.2, 0) is 15.0 Å². The first kappa shape index (κ1) is 15.8. The van der Waals surface area contributed by atoms with E-state index >= 15 is 0 Å². The Bertz CT molecular complexity index is 371. The van der Waals surface area contributed by atoms with Gasteiger partial charge in [0.05, 0.1) is 18.8 Å². The molecule has 0 spiro atoms. The molecule has 9 heteroatoms. The summed E-state index contributed by atoms with van der Waals surface area (Å²) >= 11 is 0. The lowest BCUT2D eigenvalue weighted by atomic mass is 9.88. The Kier molecular flexibility index (Phi) is 5.06. The molecule has 1 aliphatic rings. The molecule has 0 aliphatic carbocycles. The van der Waals surface area contributed by atoms with E-state index in [2.05, 4.69) is 0 Å². The van der Waals surface area contributed by atoms with Gasteiger partial charge in [0.2, 0.25) is 0 Å². The van der Waals surface area contributed by atoms with Crippen molar-refractivity contribution in [1.82, 2.24) is 4.72 Å². The molecule has 4 N–H and O–H groups in total. The Morgan fingerprint density at radius 1 is 1.33 bits per heavy atom. The minimum Gasteiger partial charge on any atom is -0.735 e. The van der Waals surface area contributed by atoms with E-state index in [1.54, 1.807) is 18.6 Å². The lowest BCUT2D eigenvalue weighted by molar-refractivity contribution is -0.201. The van der Waals surface area contributed by atoms with Crippen molar-refractivity contribution < 1.29 is 33.0 Å². The van der Waals surface area contributed by atoms with Crippen LogP contribution in [0.1, 0.15) is 13.8 Å². The zero-order valence-electron chi connectivity index (χ0n) is 10.1. The number of ether oxygens (including phenoxy) is 1. The lowest BCUT2D eigenvalue weighted by Gasteiger charge is -2.44. The first-order chi connectivity index (χ1) is 8.17. The zero-order chi connectivity index (χ0) is 14.1. The molecule has 0 saturated carbocycles. The molecule has 1 rings (SSSR count). The van der Waals surface area contributed by atoms with Crippen molar-refractivity contribution in [3.63, 3.8) is 0 Å². The summed E-state index contributed by atoms with van der Waals surface area (Å²) in [5.41, 5.74) is 0.